The molecule has 25 atom stereocenters. The van der Waals surface area contributed by atoms with Gasteiger partial charge in [-0.25, -0.2) is 0 Å². The third-order valence-corrected chi connectivity index (χ3v) is 11.0. The van der Waals surface area contributed by atoms with Gasteiger partial charge in [0.05, 0.1) is 32.0 Å². The summed E-state index contributed by atoms with van der Waals surface area (Å²) in [5.74, 6) is -1.42. The first kappa shape index (κ1) is 49.1. The van der Waals surface area contributed by atoms with Crippen LogP contribution in [0.15, 0.2) is 0 Å². The van der Waals surface area contributed by atoms with Crippen molar-refractivity contribution in [1.29, 1.82) is 0 Å². The molecule has 5 saturated heterocycles. The van der Waals surface area contributed by atoms with E-state index >= 15 is 0 Å². The highest BCUT2D eigenvalue weighted by Crippen LogP contribution is 2.36. The molecule has 0 aromatic carbocycles. The van der Waals surface area contributed by atoms with E-state index in [0.717, 1.165) is 13.8 Å². The van der Waals surface area contributed by atoms with E-state index in [1.54, 1.807) is 0 Å². The molecule has 0 aromatic rings. The van der Waals surface area contributed by atoms with Crippen LogP contribution in [-0.4, -0.2) is 251 Å². The fraction of sp³-hybridized carbons (Fsp3) is 0.941. The molecule has 0 aliphatic carbocycles. The molecule has 0 spiro atoms. The second-order valence-corrected chi connectivity index (χ2v) is 15.4. The number of aliphatic hydroxyl groups is 13. The van der Waals surface area contributed by atoms with Crippen molar-refractivity contribution in [3.63, 3.8) is 0 Å². The number of carbonyl (C=O) groups is 2. The Morgan fingerprint density at radius 3 is 1.50 bits per heavy atom. The molecular weight excluding hydrogens is 820 g/mol. The number of hydrogen-bond donors (Lipinski definition) is 15. The topological polar surface area (TPSA) is 404 Å². The lowest BCUT2D eigenvalue weighted by atomic mass is 9.94. The third-order valence-electron chi connectivity index (χ3n) is 11.0. The highest BCUT2D eigenvalue weighted by atomic mass is 16.8. The van der Waals surface area contributed by atoms with Gasteiger partial charge in [-0.2, -0.15) is 0 Å². The predicted octanol–water partition coefficient (Wildman–Crippen LogP) is -9.58. The Balaban J connectivity index is 1.48. The predicted molar refractivity (Wildman–Crippen MR) is 187 cm³/mol. The quantitative estimate of drug-likeness (QED) is 0.0817. The minimum absolute atomic E-state index is 0.675. The van der Waals surface area contributed by atoms with Gasteiger partial charge in [0.1, 0.15) is 110 Å². The van der Waals surface area contributed by atoms with Crippen LogP contribution in [0.5, 0.6) is 0 Å². The molecule has 5 rings (SSSR count). The molecule has 5 aliphatic rings. The summed E-state index contributed by atoms with van der Waals surface area (Å²) in [6.07, 6.45) is -39.9. The Bertz CT molecular complexity index is 1400. The van der Waals surface area contributed by atoms with Crippen LogP contribution in [-0.2, 0) is 52.2 Å². The lowest BCUT2D eigenvalue weighted by Gasteiger charge is -2.51. The summed E-state index contributed by atoms with van der Waals surface area (Å²) in [5.41, 5.74) is 0. The molecule has 60 heavy (non-hydrogen) atoms. The molecule has 1 unspecified atom stereocenters. The minimum atomic E-state index is -2.10. The Hall–Kier alpha value is -1.94. The van der Waals surface area contributed by atoms with Crippen molar-refractivity contribution in [3.05, 3.63) is 0 Å². The van der Waals surface area contributed by atoms with Gasteiger partial charge in [0.25, 0.3) is 0 Å². The number of amides is 2. The molecule has 0 saturated carbocycles. The van der Waals surface area contributed by atoms with Crippen LogP contribution < -0.4 is 10.6 Å². The van der Waals surface area contributed by atoms with Crippen molar-refractivity contribution in [3.8, 4) is 0 Å². The van der Waals surface area contributed by atoms with E-state index in [1.165, 1.54) is 13.8 Å². The Labute approximate surface area is 342 Å². The van der Waals surface area contributed by atoms with E-state index in [-0.39, 0.29) is 0 Å². The number of aliphatic hydroxyl groups excluding tert-OH is 13. The lowest BCUT2D eigenvalue weighted by molar-refractivity contribution is -0.395. The van der Waals surface area contributed by atoms with Crippen LogP contribution in [0.2, 0.25) is 0 Å². The first-order valence-corrected chi connectivity index (χ1v) is 19.3. The van der Waals surface area contributed by atoms with Gasteiger partial charge in [-0.15, -0.1) is 0 Å². The van der Waals surface area contributed by atoms with E-state index < -0.39 is 185 Å². The maximum absolute atomic E-state index is 12.3. The number of carbonyl (C=O) groups excluding carboxylic acids is 2. The second kappa shape index (κ2) is 20.7. The average molecular weight is 879 g/mol. The van der Waals surface area contributed by atoms with Crippen LogP contribution in [0.3, 0.4) is 0 Å². The maximum atomic E-state index is 12.3. The zero-order chi connectivity index (χ0) is 44.5. The van der Waals surface area contributed by atoms with Gasteiger partial charge in [-0.1, -0.05) is 0 Å². The van der Waals surface area contributed by atoms with E-state index in [9.17, 15) is 76.0 Å². The standard InChI is InChI=1S/C34H58N2O24/c1-8-17(41)27(16(30(51)53-8)36-11(4)40)58-34-29(60-31-15(35-10(3)39)22(46)19(43)12(5-37)55-31)28(18(42)9(2)54-34)59-33-26(50)24(48)21(45)14(57-33)7-52-32-25(49)23(47)20(44)13(6-38)56-32/h8-9,12-34,37-38,41-51H,5-7H2,1-4H3,(H,35,39)(H,36,40)/t8-,9-,12+,13+,14+,15+,16-,17+,18-,19+,20+,21+,22+,23-,24-,25+,26+,27-,28+,29+,30?,31-,32-,33+,34-/m0/s1. The third kappa shape index (κ3) is 10.5. The number of ether oxygens (including phenoxy) is 9. The van der Waals surface area contributed by atoms with E-state index in [4.69, 9.17) is 42.6 Å². The van der Waals surface area contributed by atoms with Gasteiger partial charge in [0.2, 0.25) is 11.8 Å². The van der Waals surface area contributed by atoms with Gasteiger partial charge < -0.3 is 120 Å². The summed E-state index contributed by atoms with van der Waals surface area (Å²) in [7, 11) is 0. The van der Waals surface area contributed by atoms with Crippen molar-refractivity contribution >= 4 is 11.8 Å². The van der Waals surface area contributed by atoms with Gasteiger partial charge in [-0.05, 0) is 13.8 Å². The van der Waals surface area contributed by atoms with Gasteiger partial charge in [0, 0.05) is 13.8 Å². The molecule has 0 aromatic heterocycles. The first-order chi connectivity index (χ1) is 28.2. The molecule has 26 heteroatoms. The van der Waals surface area contributed by atoms with Crippen molar-refractivity contribution in [2.24, 2.45) is 0 Å². The average Bonchev–Trinajstić information content (AvgIpc) is 3.19. The maximum Gasteiger partial charge on any atom is 0.217 e. The Kier molecular flexibility index (Phi) is 16.9. The fourth-order valence-electron chi connectivity index (χ4n) is 7.59. The van der Waals surface area contributed by atoms with Gasteiger partial charge >= 0.3 is 0 Å². The Morgan fingerprint density at radius 1 is 0.467 bits per heavy atom. The van der Waals surface area contributed by atoms with E-state index in [0.29, 0.717) is 0 Å². The van der Waals surface area contributed by atoms with Crippen molar-refractivity contribution in [2.75, 3.05) is 19.8 Å². The zero-order valence-corrected chi connectivity index (χ0v) is 32.9. The van der Waals surface area contributed by atoms with Crippen molar-refractivity contribution in [1.82, 2.24) is 10.6 Å². The van der Waals surface area contributed by atoms with Crippen LogP contribution in [0.4, 0.5) is 0 Å². The molecule has 2 amide bonds. The number of nitrogens with one attached hydrogen (secondary N) is 2. The fourth-order valence-corrected chi connectivity index (χ4v) is 7.59. The summed E-state index contributed by atoms with van der Waals surface area (Å²) < 4.78 is 52.1. The zero-order valence-electron chi connectivity index (χ0n) is 32.9. The molecule has 5 aliphatic heterocycles. The minimum Gasteiger partial charge on any atom is -0.394 e. The number of hydrogen-bond acceptors (Lipinski definition) is 24. The number of rotatable bonds is 13. The second-order valence-electron chi connectivity index (χ2n) is 15.4. The van der Waals surface area contributed by atoms with Gasteiger partial charge in [0.15, 0.2) is 31.5 Å². The smallest absolute Gasteiger partial charge is 0.217 e. The van der Waals surface area contributed by atoms with Crippen molar-refractivity contribution < 1.29 is 119 Å². The molecule has 348 valence electrons. The monoisotopic (exact) mass is 878 g/mol. The molecular formula is C34H58N2O24. The highest BCUT2D eigenvalue weighted by Gasteiger charge is 2.56. The summed E-state index contributed by atoms with van der Waals surface area (Å²) in [4.78, 5) is 24.4. The van der Waals surface area contributed by atoms with Crippen LogP contribution in [0, 0.1) is 0 Å². The molecule has 5 heterocycles. The van der Waals surface area contributed by atoms with E-state index in [2.05, 4.69) is 10.6 Å². The normalized spacial score (nSPS) is 50.2. The molecule has 0 bridgehead atoms. The molecule has 0 radical (unpaired) electrons. The lowest BCUT2D eigenvalue weighted by Crippen LogP contribution is -2.70. The van der Waals surface area contributed by atoms with Crippen LogP contribution in [0.25, 0.3) is 0 Å². The van der Waals surface area contributed by atoms with E-state index in [1.807, 2.05) is 0 Å². The van der Waals surface area contributed by atoms with Crippen molar-refractivity contribution in [2.45, 2.75) is 181 Å². The highest BCUT2D eigenvalue weighted by molar-refractivity contribution is 5.73. The summed E-state index contributed by atoms with van der Waals surface area (Å²) in [6, 6.07) is -3.06. The largest absolute Gasteiger partial charge is 0.394 e. The van der Waals surface area contributed by atoms with Crippen LogP contribution >= 0.6 is 0 Å². The SMILES string of the molecule is CC(=O)N[C@H]1[C@H](O[C@H]2[C@H](O[C@@H]3[C@H](O)[C@H](C)OC(O)[C@H]3NC(C)=O)O[C@@H](C)[C@H](O)[C@H]2O[C@H]2O[C@H](CO[C@H]3O[C@H](CO)[C@@H](O)[C@H](O)[C@H]3O)[C@@H](O)[C@H](O)[C@H]2O)O[C@H](CO)[C@@H](O)[C@@H]1O. The molecule has 15 N–H and O–H groups in total. The molecule has 5 fully saturated rings. The summed E-state index contributed by atoms with van der Waals surface area (Å²) in [6.45, 7) is 2.50. The molecule has 26 nitrogen and oxygen atoms in total. The summed E-state index contributed by atoms with van der Waals surface area (Å²) in [5, 5.41) is 143. The first-order valence-electron chi connectivity index (χ1n) is 19.3. The Morgan fingerprint density at radius 2 is 0.917 bits per heavy atom. The van der Waals surface area contributed by atoms with Gasteiger partial charge in [-0.3, -0.25) is 9.59 Å². The summed E-state index contributed by atoms with van der Waals surface area (Å²) >= 11 is 0. The van der Waals surface area contributed by atoms with Crippen LogP contribution in [0.1, 0.15) is 27.7 Å².